The summed E-state index contributed by atoms with van der Waals surface area (Å²) in [6.45, 7) is 1.96. The van der Waals surface area contributed by atoms with E-state index < -0.39 is 0 Å². The number of carbonyl (C=O) groups excluding carboxylic acids is 1. The van der Waals surface area contributed by atoms with Crippen LogP contribution in [0.15, 0.2) is 73.6 Å². The number of nitrogens with zero attached hydrogens (tertiary/aromatic N) is 4. The van der Waals surface area contributed by atoms with Crippen molar-refractivity contribution in [2.45, 2.75) is 13.0 Å². The van der Waals surface area contributed by atoms with E-state index >= 15 is 0 Å². The zero-order chi connectivity index (χ0) is 17.2. The monoisotopic (exact) mass is 331 g/mol. The van der Waals surface area contributed by atoms with Crippen LogP contribution in [0.4, 0.5) is 0 Å². The fourth-order valence-electron chi connectivity index (χ4n) is 2.74. The minimum atomic E-state index is -0.185. The summed E-state index contributed by atoms with van der Waals surface area (Å²) in [5.41, 5.74) is 3.22. The van der Waals surface area contributed by atoms with Crippen molar-refractivity contribution >= 4 is 11.6 Å². The SMILES string of the molecule is CC(NC(=O)c1cn2ccccc2n1)c1ccc(-n2ccnc2)cc1. The van der Waals surface area contributed by atoms with E-state index in [0.29, 0.717) is 5.69 Å². The van der Waals surface area contributed by atoms with Crippen molar-refractivity contribution in [2.75, 3.05) is 0 Å². The molecule has 0 radical (unpaired) electrons. The highest BCUT2D eigenvalue weighted by atomic mass is 16.2. The van der Waals surface area contributed by atoms with Gasteiger partial charge in [0, 0.05) is 30.5 Å². The Kier molecular flexibility index (Phi) is 3.78. The van der Waals surface area contributed by atoms with Gasteiger partial charge in [-0.25, -0.2) is 9.97 Å². The van der Waals surface area contributed by atoms with E-state index in [-0.39, 0.29) is 11.9 Å². The lowest BCUT2D eigenvalue weighted by molar-refractivity contribution is 0.0935. The zero-order valence-electron chi connectivity index (χ0n) is 13.7. The number of hydrogen-bond donors (Lipinski definition) is 1. The number of aromatic nitrogens is 4. The molecule has 0 fully saturated rings. The molecule has 6 heteroatoms. The van der Waals surface area contributed by atoms with Crippen molar-refractivity contribution in [2.24, 2.45) is 0 Å². The average Bonchev–Trinajstić information content (AvgIpc) is 3.31. The molecule has 1 aromatic carbocycles. The van der Waals surface area contributed by atoms with E-state index in [9.17, 15) is 4.79 Å². The van der Waals surface area contributed by atoms with Gasteiger partial charge in [-0.05, 0) is 36.8 Å². The molecule has 0 saturated carbocycles. The van der Waals surface area contributed by atoms with Gasteiger partial charge in [-0.1, -0.05) is 18.2 Å². The molecule has 6 nitrogen and oxygen atoms in total. The zero-order valence-corrected chi connectivity index (χ0v) is 13.7. The smallest absolute Gasteiger partial charge is 0.271 e. The van der Waals surface area contributed by atoms with Gasteiger partial charge < -0.3 is 14.3 Å². The van der Waals surface area contributed by atoms with Crippen LogP contribution in [0.3, 0.4) is 0 Å². The van der Waals surface area contributed by atoms with Gasteiger partial charge >= 0.3 is 0 Å². The molecule has 3 aromatic heterocycles. The van der Waals surface area contributed by atoms with Crippen LogP contribution in [0.25, 0.3) is 11.3 Å². The Morgan fingerprint density at radius 2 is 1.96 bits per heavy atom. The summed E-state index contributed by atoms with van der Waals surface area (Å²) in [4.78, 5) is 20.8. The maximum absolute atomic E-state index is 12.5. The predicted octanol–water partition coefficient (Wildman–Crippen LogP) is 3.01. The Balaban J connectivity index is 1.49. The van der Waals surface area contributed by atoms with Gasteiger partial charge in [0.15, 0.2) is 0 Å². The number of amides is 1. The van der Waals surface area contributed by atoms with Crippen LogP contribution in [0.2, 0.25) is 0 Å². The van der Waals surface area contributed by atoms with Crippen LogP contribution in [-0.2, 0) is 0 Å². The van der Waals surface area contributed by atoms with Crippen molar-refractivity contribution in [1.82, 2.24) is 24.3 Å². The molecule has 1 N–H and O–H groups in total. The highest BCUT2D eigenvalue weighted by Gasteiger charge is 2.14. The third kappa shape index (κ3) is 3.01. The van der Waals surface area contributed by atoms with E-state index in [1.54, 1.807) is 18.7 Å². The molecule has 4 rings (SSSR count). The second-order valence-corrected chi connectivity index (χ2v) is 5.85. The van der Waals surface area contributed by atoms with Crippen molar-refractivity contribution in [3.63, 3.8) is 0 Å². The molecule has 0 aliphatic rings. The largest absolute Gasteiger partial charge is 0.344 e. The maximum atomic E-state index is 12.5. The van der Waals surface area contributed by atoms with Crippen LogP contribution in [0, 0.1) is 0 Å². The molecule has 1 atom stereocenters. The lowest BCUT2D eigenvalue weighted by atomic mass is 10.1. The fourth-order valence-corrected chi connectivity index (χ4v) is 2.74. The van der Waals surface area contributed by atoms with Gasteiger partial charge in [-0.2, -0.15) is 0 Å². The van der Waals surface area contributed by atoms with Crippen molar-refractivity contribution in [1.29, 1.82) is 0 Å². The standard InChI is InChI=1S/C19H17N5O/c1-14(15-5-7-16(8-6-15)24-11-9-20-13-24)21-19(25)17-12-23-10-3-2-4-18(23)22-17/h2-14H,1H3,(H,21,25). The molecule has 0 bridgehead atoms. The molecule has 0 aliphatic heterocycles. The second kappa shape index (κ2) is 6.24. The summed E-state index contributed by atoms with van der Waals surface area (Å²) >= 11 is 0. The average molecular weight is 331 g/mol. The molecule has 4 aromatic rings. The van der Waals surface area contributed by atoms with Crippen LogP contribution in [-0.4, -0.2) is 24.8 Å². The minimum Gasteiger partial charge on any atom is -0.344 e. The van der Waals surface area contributed by atoms with Gasteiger partial charge in [0.1, 0.15) is 11.3 Å². The molecule has 0 spiro atoms. The Morgan fingerprint density at radius 1 is 1.12 bits per heavy atom. The van der Waals surface area contributed by atoms with Crippen LogP contribution >= 0.6 is 0 Å². The number of fused-ring (bicyclic) bond motifs is 1. The van der Waals surface area contributed by atoms with Crippen molar-refractivity contribution < 1.29 is 4.79 Å². The summed E-state index contributed by atoms with van der Waals surface area (Å²) < 4.78 is 3.77. The molecular formula is C19H17N5O. The maximum Gasteiger partial charge on any atom is 0.271 e. The van der Waals surface area contributed by atoms with E-state index in [2.05, 4.69) is 15.3 Å². The first-order chi connectivity index (χ1) is 12.2. The molecule has 1 amide bonds. The molecule has 3 heterocycles. The van der Waals surface area contributed by atoms with Crippen LogP contribution < -0.4 is 5.32 Å². The minimum absolute atomic E-state index is 0.117. The Bertz CT molecular complexity index is 969. The Morgan fingerprint density at radius 3 is 2.68 bits per heavy atom. The first kappa shape index (κ1) is 15.1. The first-order valence-corrected chi connectivity index (χ1v) is 8.03. The molecule has 25 heavy (non-hydrogen) atoms. The lowest BCUT2D eigenvalue weighted by Crippen LogP contribution is -2.26. The molecular weight excluding hydrogens is 314 g/mol. The number of pyridine rings is 1. The molecule has 124 valence electrons. The topological polar surface area (TPSA) is 64.2 Å². The normalized spacial score (nSPS) is 12.2. The van der Waals surface area contributed by atoms with Gasteiger partial charge in [0.2, 0.25) is 0 Å². The summed E-state index contributed by atoms with van der Waals surface area (Å²) in [6.07, 6.45) is 9.00. The number of benzene rings is 1. The third-order valence-electron chi connectivity index (χ3n) is 4.14. The quantitative estimate of drug-likeness (QED) is 0.625. The molecule has 0 saturated heterocycles. The highest BCUT2D eigenvalue weighted by molar-refractivity contribution is 5.93. The van der Waals surface area contributed by atoms with Crippen LogP contribution in [0.5, 0.6) is 0 Å². The van der Waals surface area contributed by atoms with Gasteiger partial charge in [0.25, 0.3) is 5.91 Å². The number of carbonyl (C=O) groups is 1. The van der Waals surface area contributed by atoms with Crippen LogP contribution in [0.1, 0.15) is 29.0 Å². The third-order valence-corrected chi connectivity index (χ3v) is 4.14. The summed E-state index contributed by atoms with van der Waals surface area (Å²) in [7, 11) is 0. The number of nitrogens with one attached hydrogen (secondary N) is 1. The lowest BCUT2D eigenvalue weighted by Gasteiger charge is -2.14. The van der Waals surface area contributed by atoms with Gasteiger partial charge in [-0.3, -0.25) is 4.79 Å². The van der Waals surface area contributed by atoms with Crippen molar-refractivity contribution in [3.8, 4) is 5.69 Å². The summed E-state index contributed by atoms with van der Waals surface area (Å²) in [6, 6.07) is 13.6. The number of rotatable bonds is 4. The second-order valence-electron chi connectivity index (χ2n) is 5.85. The Hall–Kier alpha value is -3.41. The predicted molar refractivity (Wildman–Crippen MR) is 94.6 cm³/mol. The number of imidazole rings is 2. The summed E-state index contributed by atoms with van der Waals surface area (Å²) in [5, 5.41) is 2.99. The van der Waals surface area contributed by atoms with Gasteiger partial charge in [-0.15, -0.1) is 0 Å². The van der Waals surface area contributed by atoms with E-state index in [0.717, 1.165) is 16.9 Å². The van der Waals surface area contributed by atoms with E-state index in [4.69, 9.17) is 0 Å². The van der Waals surface area contributed by atoms with Crippen molar-refractivity contribution in [3.05, 3.63) is 84.8 Å². The number of hydrogen-bond acceptors (Lipinski definition) is 3. The van der Waals surface area contributed by atoms with E-state index in [1.165, 1.54) is 0 Å². The Labute approximate surface area is 144 Å². The highest BCUT2D eigenvalue weighted by Crippen LogP contribution is 2.16. The fraction of sp³-hybridized carbons (Fsp3) is 0.105. The molecule has 1 unspecified atom stereocenters. The van der Waals surface area contributed by atoms with E-state index in [1.807, 2.05) is 70.7 Å². The molecule has 0 aliphatic carbocycles. The first-order valence-electron chi connectivity index (χ1n) is 8.03. The van der Waals surface area contributed by atoms with Gasteiger partial charge in [0.05, 0.1) is 12.4 Å². The summed E-state index contributed by atoms with van der Waals surface area (Å²) in [5.74, 6) is -0.185.